The molecule has 2 fully saturated rings. The summed E-state index contributed by atoms with van der Waals surface area (Å²) >= 11 is 0. The third-order valence-electron chi connectivity index (χ3n) is 5.06. The number of carbonyl (C=O) groups is 1. The highest BCUT2D eigenvalue weighted by molar-refractivity contribution is 5.84. The largest absolute Gasteiger partial charge is 0.377 e. The lowest BCUT2D eigenvalue weighted by molar-refractivity contribution is -0.135. The van der Waals surface area contributed by atoms with Crippen LogP contribution in [0, 0.1) is 5.41 Å². The van der Waals surface area contributed by atoms with Gasteiger partial charge in [0, 0.05) is 38.3 Å². The van der Waals surface area contributed by atoms with E-state index in [1.54, 1.807) is 24.7 Å². The highest BCUT2D eigenvalue weighted by Gasteiger charge is 2.53. The first-order chi connectivity index (χ1) is 12.3. The molecule has 130 valence electrons. The van der Waals surface area contributed by atoms with Crippen LogP contribution >= 0.6 is 0 Å². The second-order valence-electron chi connectivity index (χ2n) is 6.53. The third kappa shape index (κ3) is 3.07. The predicted octanol–water partition coefficient (Wildman–Crippen LogP) is 1.17. The minimum Gasteiger partial charge on any atom is -0.377 e. The van der Waals surface area contributed by atoms with Crippen LogP contribution in [-0.4, -0.2) is 46.7 Å². The van der Waals surface area contributed by atoms with Gasteiger partial charge in [-0.3, -0.25) is 9.78 Å². The first-order valence-electron chi connectivity index (χ1n) is 8.60. The lowest BCUT2D eigenvalue weighted by Crippen LogP contribution is -2.57. The summed E-state index contributed by atoms with van der Waals surface area (Å²) in [5.41, 5.74) is 0.299. The van der Waals surface area contributed by atoms with Gasteiger partial charge < -0.3 is 15.0 Å². The fourth-order valence-corrected chi connectivity index (χ4v) is 3.74. The maximum Gasteiger partial charge on any atom is 0.231 e. The number of nitrogens with one attached hydrogen (secondary N) is 1. The maximum absolute atomic E-state index is 13.1. The average Bonchev–Trinajstić information content (AvgIpc) is 3.12. The minimum atomic E-state index is -0.549. The number of piperidine rings is 1. The molecule has 2 aliphatic heterocycles. The van der Waals surface area contributed by atoms with E-state index in [1.165, 1.54) is 0 Å². The third-order valence-corrected chi connectivity index (χ3v) is 5.06. The molecule has 25 heavy (non-hydrogen) atoms. The molecule has 0 unspecified atom stereocenters. The van der Waals surface area contributed by atoms with E-state index in [9.17, 15) is 4.79 Å². The van der Waals surface area contributed by atoms with Crippen molar-refractivity contribution in [3.8, 4) is 0 Å². The Morgan fingerprint density at radius 1 is 1.24 bits per heavy atom. The van der Waals surface area contributed by atoms with Crippen molar-refractivity contribution in [1.82, 2.24) is 20.3 Å². The number of pyridine rings is 1. The van der Waals surface area contributed by atoms with Crippen LogP contribution in [0.25, 0.3) is 0 Å². The number of ether oxygens (including phenoxy) is 1. The quantitative estimate of drug-likeness (QED) is 0.901. The van der Waals surface area contributed by atoms with E-state index >= 15 is 0 Å². The maximum atomic E-state index is 13.1. The number of hydrogen-bond donors (Lipinski definition) is 1. The summed E-state index contributed by atoms with van der Waals surface area (Å²) in [6.07, 6.45) is 6.66. The zero-order valence-electron chi connectivity index (χ0n) is 14.0. The van der Waals surface area contributed by atoms with Crippen LogP contribution in [0.3, 0.4) is 0 Å². The Bertz CT molecular complexity index is 727. The Morgan fingerprint density at radius 3 is 2.88 bits per heavy atom. The summed E-state index contributed by atoms with van der Waals surface area (Å²) in [6.45, 7) is 2.42. The molecule has 0 aliphatic carbocycles. The zero-order valence-corrected chi connectivity index (χ0v) is 14.0. The zero-order chi connectivity index (χ0) is 17.1. The van der Waals surface area contributed by atoms with E-state index in [0.29, 0.717) is 25.6 Å². The van der Waals surface area contributed by atoms with Gasteiger partial charge in [0.15, 0.2) is 0 Å². The van der Waals surface area contributed by atoms with E-state index in [4.69, 9.17) is 4.74 Å². The Balaban J connectivity index is 1.51. The van der Waals surface area contributed by atoms with Gasteiger partial charge in [-0.25, -0.2) is 9.97 Å². The van der Waals surface area contributed by atoms with E-state index in [0.717, 1.165) is 25.1 Å². The summed E-state index contributed by atoms with van der Waals surface area (Å²) in [4.78, 5) is 28.1. The molecule has 2 aromatic rings. The molecule has 0 aromatic carbocycles. The van der Waals surface area contributed by atoms with Crippen LogP contribution in [-0.2, 0) is 16.1 Å². The second-order valence-corrected chi connectivity index (χ2v) is 6.53. The molecule has 2 saturated heterocycles. The van der Waals surface area contributed by atoms with Crippen LogP contribution in [0.5, 0.6) is 0 Å². The molecule has 4 heterocycles. The highest BCUT2D eigenvalue weighted by atomic mass is 16.5. The Kier molecular flexibility index (Phi) is 4.31. The first kappa shape index (κ1) is 16.0. The van der Waals surface area contributed by atoms with Gasteiger partial charge in [-0.1, -0.05) is 6.07 Å². The number of anilines is 1. The van der Waals surface area contributed by atoms with Gasteiger partial charge in [0.25, 0.3) is 0 Å². The van der Waals surface area contributed by atoms with Crippen LogP contribution in [0.15, 0.2) is 42.9 Å². The van der Waals surface area contributed by atoms with Gasteiger partial charge in [0.05, 0.1) is 23.8 Å². The van der Waals surface area contributed by atoms with Crippen molar-refractivity contribution in [2.24, 2.45) is 5.41 Å². The van der Waals surface area contributed by atoms with Crippen molar-refractivity contribution in [1.29, 1.82) is 0 Å². The molecule has 2 atom stereocenters. The van der Waals surface area contributed by atoms with Crippen molar-refractivity contribution in [2.75, 3.05) is 24.6 Å². The molecule has 0 bridgehead atoms. The van der Waals surface area contributed by atoms with E-state index in [-0.39, 0.29) is 12.0 Å². The molecule has 2 aromatic heterocycles. The fraction of sp³-hybridized carbons (Fsp3) is 0.444. The molecule has 4 rings (SSSR count). The highest BCUT2D eigenvalue weighted by Crippen LogP contribution is 2.41. The lowest BCUT2D eigenvalue weighted by atomic mass is 9.75. The Labute approximate surface area is 146 Å². The van der Waals surface area contributed by atoms with Crippen LogP contribution in [0.4, 0.5) is 5.95 Å². The molecule has 0 saturated carbocycles. The molecule has 7 heteroatoms. The van der Waals surface area contributed by atoms with E-state index in [2.05, 4.69) is 25.2 Å². The summed E-state index contributed by atoms with van der Waals surface area (Å²) in [6, 6.07) is 7.49. The predicted molar refractivity (Wildman–Crippen MR) is 91.7 cm³/mol. The second kappa shape index (κ2) is 6.76. The van der Waals surface area contributed by atoms with Gasteiger partial charge in [0.1, 0.15) is 0 Å². The molecule has 0 spiro atoms. The lowest BCUT2D eigenvalue weighted by Gasteiger charge is -2.42. The number of fused-ring (bicyclic) bond motifs is 1. The fourth-order valence-electron chi connectivity index (χ4n) is 3.74. The normalized spacial score (nSPS) is 25.4. The molecule has 1 N–H and O–H groups in total. The molecular formula is C18H21N5O2. The van der Waals surface area contributed by atoms with Crippen LogP contribution in [0.2, 0.25) is 0 Å². The molecule has 2 aliphatic rings. The molecule has 7 nitrogen and oxygen atoms in total. The van der Waals surface area contributed by atoms with Crippen molar-refractivity contribution in [3.63, 3.8) is 0 Å². The number of carbonyl (C=O) groups excluding carboxylic acids is 1. The van der Waals surface area contributed by atoms with Crippen molar-refractivity contribution in [2.45, 2.75) is 25.5 Å². The van der Waals surface area contributed by atoms with Gasteiger partial charge in [-0.15, -0.1) is 0 Å². The van der Waals surface area contributed by atoms with Crippen molar-refractivity contribution >= 4 is 11.9 Å². The minimum absolute atomic E-state index is 0.0290. The Morgan fingerprint density at radius 2 is 2.08 bits per heavy atom. The number of rotatable bonds is 4. The topological polar surface area (TPSA) is 80.2 Å². The molecule has 0 radical (unpaired) electrons. The number of amides is 1. The van der Waals surface area contributed by atoms with Gasteiger partial charge >= 0.3 is 0 Å². The van der Waals surface area contributed by atoms with Gasteiger partial charge in [-0.2, -0.15) is 0 Å². The summed E-state index contributed by atoms with van der Waals surface area (Å²) < 4.78 is 5.87. The van der Waals surface area contributed by atoms with Crippen molar-refractivity contribution in [3.05, 3.63) is 48.5 Å². The molecular weight excluding hydrogens is 318 g/mol. The summed E-state index contributed by atoms with van der Waals surface area (Å²) in [7, 11) is 0. The van der Waals surface area contributed by atoms with Gasteiger partial charge in [-0.05, 0) is 31.0 Å². The Hall–Kier alpha value is -2.54. The number of nitrogens with zero attached hydrogens (tertiary/aromatic N) is 4. The van der Waals surface area contributed by atoms with Crippen LogP contribution < -0.4 is 10.2 Å². The average molecular weight is 339 g/mol. The monoisotopic (exact) mass is 339 g/mol. The summed E-state index contributed by atoms with van der Waals surface area (Å²) in [5.74, 6) is 0.700. The molecule has 1 amide bonds. The van der Waals surface area contributed by atoms with Crippen LogP contribution in [0.1, 0.15) is 18.5 Å². The van der Waals surface area contributed by atoms with E-state index < -0.39 is 5.41 Å². The number of hydrogen-bond acceptors (Lipinski definition) is 6. The number of aromatic nitrogens is 3. The van der Waals surface area contributed by atoms with Crippen molar-refractivity contribution < 1.29 is 9.53 Å². The van der Waals surface area contributed by atoms with E-state index in [1.807, 2.05) is 18.2 Å². The first-order valence-corrected chi connectivity index (χ1v) is 8.60. The van der Waals surface area contributed by atoms with Gasteiger partial charge in [0.2, 0.25) is 11.9 Å². The standard InChI is InChI=1S/C18H21N5O2/c24-16(22-12-14-4-1-2-7-19-14)18-6-11-25-15(18)5-10-23(13-18)17-20-8-3-9-21-17/h1-4,7-9,15H,5-6,10-13H2,(H,22,24)/t15-,18-/m1/s1. The SMILES string of the molecule is O=C(NCc1ccccn1)[C@@]12CCO[C@@H]1CCN(c1ncccn1)C2. The smallest absolute Gasteiger partial charge is 0.231 e. The summed E-state index contributed by atoms with van der Waals surface area (Å²) in [5, 5.41) is 3.05.